The van der Waals surface area contributed by atoms with Gasteiger partial charge < -0.3 is 5.11 Å². The minimum absolute atomic E-state index is 0.891. The van der Waals surface area contributed by atoms with Crippen LogP contribution in [0.4, 0.5) is 0 Å². The van der Waals surface area contributed by atoms with E-state index in [-0.39, 0.29) is 0 Å². The Bertz CT molecular complexity index is 328. The minimum atomic E-state index is -3.94. The van der Waals surface area contributed by atoms with E-state index < -0.39 is 15.6 Å². The van der Waals surface area contributed by atoms with Gasteiger partial charge in [-0.3, -0.25) is 4.28 Å². The minimum Gasteiger partial charge on any atom is -0.374 e. The molecule has 12 heavy (non-hydrogen) atoms. The third-order valence-corrected chi connectivity index (χ3v) is 2.30. The highest BCUT2D eigenvalue weighted by molar-refractivity contribution is 7.87. The fourth-order valence-corrected chi connectivity index (χ4v) is 0.926. The Kier molecular flexibility index (Phi) is 2.34. The van der Waals surface area contributed by atoms with Crippen molar-refractivity contribution in [2.75, 3.05) is 0 Å². The number of nitrogens with zero attached hydrogens (tertiary/aromatic N) is 2. The van der Waals surface area contributed by atoms with Crippen LogP contribution in [0.1, 0.15) is 6.92 Å². The first-order valence-corrected chi connectivity index (χ1v) is 4.59. The molecule has 0 aliphatic rings. The topological polar surface area (TPSA) is 81.4 Å². The summed E-state index contributed by atoms with van der Waals surface area (Å²) in [7, 11) is -3.94. The standard InChI is InChI=1S/C5H8N2O4S/c1-5(8)12(9,10)11-7-3-2-6-4-7/h2-5,8H,1H3. The van der Waals surface area contributed by atoms with Crippen LogP contribution in [-0.2, 0) is 10.1 Å². The van der Waals surface area contributed by atoms with E-state index in [1.165, 1.54) is 18.7 Å². The van der Waals surface area contributed by atoms with Crippen LogP contribution in [0.3, 0.4) is 0 Å². The summed E-state index contributed by atoms with van der Waals surface area (Å²) in [5.74, 6) is 0. The first-order chi connectivity index (χ1) is 5.52. The van der Waals surface area contributed by atoms with Gasteiger partial charge in [-0.2, -0.15) is 13.1 Å². The second kappa shape index (κ2) is 3.11. The van der Waals surface area contributed by atoms with Crippen LogP contribution >= 0.6 is 0 Å². The van der Waals surface area contributed by atoms with Gasteiger partial charge >= 0.3 is 10.1 Å². The van der Waals surface area contributed by atoms with Crippen molar-refractivity contribution in [3.8, 4) is 0 Å². The lowest BCUT2D eigenvalue weighted by molar-refractivity contribution is 0.213. The third kappa shape index (κ3) is 1.95. The van der Waals surface area contributed by atoms with Gasteiger partial charge in [0.25, 0.3) is 0 Å². The quantitative estimate of drug-likeness (QED) is 0.663. The summed E-state index contributed by atoms with van der Waals surface area (Å²) in [5, 5.41) is 8.73. The number of hydrogen-bond donors (Lipinski definition) is 1. The zero-order chi connectivity index (χ0) is 9.19. The first kappa shape index (κ1) is 9.01. The maximum Gasteiger partial charge on any atom is 0.354 e. The molecule has 1 heterocycles. The molecule has 0 aliphatic carbocycles. The molecule has 0 radical (unpaired) electrons. The zero-order valence-corrected chi connectivity index (χ0v) is 7.10. The number of aliphatic hydroxyl groups excluding tert-OH is 1. The fourth-order valence-electron chi connectivity index (χ4n) is 0.473. The van der Waals surface area contributed by atoms with Crippen molar-refractivity contribution < 1.29 is 17.8 Å². The normalized spacial score (nSPS) is 14.2. The van der Waals surface area contributed by atoms with E-state index >= 15 is 0 Å². The summed E-state index contributed by atoms with van der Waals surface area (Å²) in [5.41, 5.74) is -1.56. The Balaban J connectivity index is 2.77. The second-order valence-corrected chi connectivity index (χ2v) is 3.91. The zero-order valence-electron chi connectivity index (χ0n) is 6.28. The highest BCUT2D eigenvalue weighted by Gasteiger charge is 2.19. The van der Waals surface area contributed by atoms with Crippen LogP contribution in [0.25, 0.3) is 0 Å². The van der Waals surface area contributed by atoms with Crippen LogP contribution < -0.4 is 4.28 Å². The van der Waals surface area contributed by atoms with Crippen LogP contribution in [0.5, 0.6) is 0 Å². The van der Waals surface area contributed by atoms with Crippen molar-refractivity contribution >= 4 is 10.1 Å². The molecule has 0 saturated heterocycles. The molecular formula is C5H8N2O4S. The SMILES string of the molecule is CC(O)S(=O)(=O)On1ccnc1. The monoisotopic (exact) mass is 192 g/mol. The molecule has 0 aromatic carbocycles. The summed E-state index contributed by atoms with van der Waals surface area (Å²) in [6, 6.07) is 0. The Morgan fingerprint density at radius 2 is 2.33 bits per heavy atom. The molecule has 1 atom stereocenters. The van der Waals surface area contributed by atoms with Gasteiger partial charge in [0.1, 0.15) is 6.33 Å². The average Bonchev–Trinajstić information content (AvgIpc) is 2.38. The Labute approximate surface area is 69.5 Å². The van der Waals surface area contributed by atoms with E-state index in [2.05, 4.69) is 9.27 Å². The van der Waals surface area contributed by atoms with Gasteiger partial charge in [-0.1, -0.05) is 0 Å². The predicted molar refractivity (Wildman–Crippen MR) is 39.4 cm³/mol. The largest absolute Gasteiger partial charge is 0.374 e. The van der Waals surface area contributed by atoms with Gasteiger partial charge in [0.2, 0.25) is 0 Å². The van der Waals surface area contributed by atoms with Gasteiger partial charge in [-0.15, -0.1) is 0 Å². The lowest BCUT2D eigenvalue weighted by atomic mass is 10.9. The van der Waals surface area contributed by atoms with Gasteiger partial charge in [0.15, 0.2) is 5.44 Å². The predicted octanol–water partition coefficient (Wildman–Crippen LogP) is -1.02. The maximum atomic E-state index is 10.9. The smallest absolute Gasteiger partial charge is 0.354 e. The van der Waals surface area contributed by atoms with Crippen molar-refractivity contribution in [3.63, 3.8) is 0 Å². The van der Waals surface area contributed by atoms with Crippen LogP contribution in [0, 0.1) is 0 Å². The Hall–Kier alpha value is -1.08. The molecule has 68 valence electrons. The third-order valence-electron chi connectivity index (χ3n) is 1.09. The number of imidazole rings is 1. The highest BCUT2D eigenvalue weighted by atomic mass is 32.2. The molecule has 0 amide bonds. The van der Waals surface area contributed by atoms with Gasteiger partial charge in [0, 0.05) is 6.20 Å². The number of aliphatic hydroxyl groups is 1. The van der Waals surface area contributed by atoms with E-state index in [1.807, 2.05) is 0 Å². The molecule has 0 aliphatic heterocycles. The second-order valence-electron chi connectivity index (χ2n) is 2.09. The van der Waals surface area contributed by atoms with Gasteiger partial charge in [-0.25, -0.2) is 4.98 Å². The molecule has 0 fully saturated rings. The molecule has 1 N–H and O–H groups in total. The van der Waals surface area contributed by atoms with E-state index in [1.54, 1.807) is 0 Å². The van der Waals surface area contributed by atoms with E-state index in [4.69, 9.17) is 5.11 Å². The Morgan fingerprint density at radius 1 is 1.67 bits per heavy atom. The molecular weight excluding hydrogens is 184 g/mol. The maximum absolute atomic E-state index is 10.9. The molecule has 0 bridgehead atoms. The van der Waals surface area contributed by atoms with E-state index in [0.29, 0.717) is 0 Å². The van der Waals surface area contributed by atoms with Crippen LogP contribution in [0.2, 0.25) is 0 Å². The lowest BCUT2D eigenvalue weighted by Crippen LogP contribution is -2.28. The van der Waals surface area contributed by atoms with Crippen molar-refractivity contribution in [3.05, 3.63) is 18.7 Å². The van der Waals surface area contributed by atoms with Gasteiger partial charge in [-0.05, 0) is 6.92 Å². The lowest BCUT2D eigenvalue weighted by Gasteiger charge is -2.07. The van der Waals surface area contributed by atoms with Crippen molar-refractivity contribution in [2.45, 2.75) is 12.4 Å². The van der Waals surface area contributed by atoms with Crippen molar-refractivity contribution in [2.24, 2.45) is 0 Å². The fraction of sp³-hybridized carbons (Fsp3) is 0.400. The molecule has 0 saturated carbocycles. The molecule has 1 aromatic rings. The van der Waals surface area contributed by atoms with Crippen LogP contribution in [0.15, 0.2) is 18.7 Å². The van der Waals surface area contributed by atoms with Gasteiger partial charge in [0.05, 0.1) is 6.20 Å². The molecule has 1 rings (SSSR count). The molecule has 0 spiro atoms. The molecule has 1 unspecified atom stereocenters. The molecule has 1 aromatic heterocycles. The summed E-state index contributed by atoms with van der Waals surface area (Å²) in [6.07, 6.45) is 3.83. The van der Waals surface area contributed by atoms with E-state index in [9.17, 15) is 8.42 Å². The van der Waals surface area contributed by atoms with Crippen molar-refractivity contribution in [1.29, 1.82) is 0 Å². The summed E-state index contributed by atoms with van der Waals surface area (Å²) in [6.45, 7) is 1.10. The Morgan fingerprint density at radius 3 is 2.75 bits per heavy atom. The molecule has 7 heteroatoms. The van der Waals surface area contributed by atoms with E-state index in [0.717, 1.165) is 11.7 Å². The van der Waals surface area contributed by atoms with Crippen LogP contribution in [-0.4, -0.2) is 28.7 Å². The number of aromatic nitrogens is 2. The first-order valence-electron chi connectivity index (χ1n) is 3.12. The van der Waals surface area contributed by atoms with Crippen molar-refractivity contribution in [1.82, 2.24) is 9.71 Å². The summed E-state index contributed by atoms with van der Waals surface area (Å²) < 4.78 is 27.0. The number of rotatable bonds is 3. The summed E-state index contributed by atoms with van der Waals surface area (Å²) in [4.78, 5) is 3.56. The average molecular weight is 192 g/mol. The highest BCUT2D eigenvalue weighted by Crippen LogP contribution is 1.96. The molecule has 6 nitrogen and oxygen atoms in total. The number of hydrogen-bond acceptors (Lipinski definition) is 5. The summed E-state index contributed by atoms with van der Waals surface area (Å²) >= 11 is 0.